The first-order valence-electron chi connectivity index (χ1n) is 3.56. The second-order valence-electron chi connectivity index (χ2n) is 2.42. The van der Waals surface area contributed by atoms with Crippen LogP contribution in [-0.4, -0.2) is 23.7 Å². The van der Waals surface area contributed by atoms with Crippen molar-refractivity contribution in [1.82, 2.24) is 0 Å². The van der Waals surface area contributed by atoms with Gasteiger partial charge in [0.25, 0.3) is 0 Å². The fourth-order valence-electron chi connectivity index (χ4n) is 0.639. The SMILES string of the molecule is CC(=O)OCCC(C)=CC(=O)O. The Labute approximate surface area is 70.8 Å². The molecule has 0 amide bonds. The minimum Gasteiger partial charge on any atom is -0.478 e. The van der Waals surface area contributed by atoms with Crippen molar-refractivity contribution in [3.8, 4) is 0 Å². The van der Waals surface area contributed by atoms with Crippen LogP contribution in [0, 0.1) is 0 Å². The lowest BCUT2D eigenvalue weighted by Crippen LogP contribution is -2.01. The average Bonchev–Trinajstić information content (AvgIpc) is 1.84. The fourth-order valence-corrected chi connectivity index (χ4v) is 0.639. The summed E-state index contributed by atoms with van der Waals surface area (Å²) < 4.78 is 4.62. The first-order chi connectivity index (χ1) is 5.52. The average molecular weight is 172 g/mol. The van der Waals surface area contributed by atoms with Crippen molar-refractivity contribution in [2.45, 2.75) is 20.3 Å². The Morgan fingerprint density at radius 1 is 1.42 bits per heavy atom. The number of aliphatic carboxylic acids is 1. The molecule has 0 saturated heterocycles. The topological polar surface area (TPSA) is 63.6 Å². The van der Waals surface area contributed by atoms with Crippen LogP contribution in [0.4, 0.5) is 0 Å². The Bertz CT molecular complexity index is 205. The van der Waals surface area contributed by atoms with Gasteiger partial charge < -0.3 is 9.84 Å². The molecule has 0 aromatic carbocycles. The van der Waals surface area contributed by atoms with E-state index in [9.17, 15) is 9.59 Å². The van der Waals surface area contributed by atoms with E-state index in [-0.39, 0.29) is 12.6 Å². The van der Waals surface area contributed by atoms with E-state index in [1.165, 1.54) is 6.92 Å². The summed E-state index contributed by atoms with van der Waals surface area (Å²) in [7, 11) is 0. The highest BCUT2D eigenvalue weighted by Gasteiger charge is 1.96. The monoisotopic (exact) mass is 172 g/mol. The molecule has 0 aliphatic rings. The van der Waals surface area contributed by atoms with Gasteiger partial charge in [0.1, 0.15) is 0 Å². The predicted molar refractivity (Wildman–Crippen MR) is 42.6 cm³/mol. The van der Waals surface area contributed by atoms with Crippen LogP contribution >= 0.6 is 0 Å². The Morgan fingerprint density at radius 3 is 2.42 bits per heavy atom. The summed E-state index contributed by atoms with van der Waals surface area (Å²) in [6, 6.07) is 0. The lowest BCUT2D eigenvalue weighted by Gasteiger charge is -2.00. The molecular formula is C8H12O4. The molecule has 0 radical (unpaired) electrons. The summed E-state index contributed by atoms with van der Waals surface area (Å²) in [5.74, 6) is -1.33. The number of esters is 1. The van der Waals surface area contributed by atoms with Gasteiger partial charge in [-0.25, -0.2) is 4.79 Å². The van der Waals surface area contributed by atoms with Crippen molar-refractivity contribution in [3.63, 3.8) is 0 Å². The van der Waals surface area contributed by atoms with Crippen LogP contribution < -0.4 is 0 Å². The van der Waals surface area contributed by atoms with Crippen LogP contribution in [0.5, 0.6) is 0 Å². The molecule has 0 aliphatic carbocycles. The van der Waals surface area contributed by atoms with E-state index in [0.717, 1.165) is 6.08 Å². The normalized spacial score (nSPS) is 11.0. The van der Waals surface area contributed by atoms with Gasteiger partial charge >= 0.3 is 11.9 Å². The molecule has 0 aromatic rings. The zero-order valence-corrected chi connectivity index (χ0v) is 7.16. The van der Waals surface area contributed by atoms with E-state index >= 15 is 0 Å². The van der Waals surface area contributed by atoms with Crippen LogP contribution in [0.1, 0.15) is 20.3 Å². The molecule has 0 rings (SSSR count). The summed E-state index contributed by atoms with van der Waals surface area (Å²) in [6.07, 6.45) is 1.56. The lowest BCUT2D eigenvalue weighted by atomic mass is 10.2. The molecular weight excluding hydrogens is 160 g/mol. The molecule has 0 heterocycles. The molecule has 0 bridgehead atoms. The highest BCUT2D eigenvalue weighted by Crippen LogP contribution is 1.99. The zero-order chi connectivity index (χ0) is 9.56. The molecule has 68 valence electrons. The molecule has 0 aromatic heterocycles. The maximum atomic E-state index is 10.3. The van der Waals surface area contributed by atoms with Crippen LogP contribution in [0.15, 0.2) is 11.6 Å². The largest absolute Gasteiger partial charge is 0.478 e. The van der Waals surface area contributed by atoms with Crippen molar-refractivity contribution in [1.29, 1.82) is 0 Å². The van der Waals surface area contributed by atoms with Gasteiger partial charge in [-0.1, -0.05) is 5.57 Å². The Balaban J connectivity index is 3.64. The summed E-state index contributed by atoms with van der Waals surface area (Å²) >= 11 is 0. The number of carbonyl (C=O) groups is 2. The third kappa shape index (κ3) is 6.80. The van der Waals surface area contributed by atoms with E-state index in [1.54, 1.807) is 6.92 Å². The molecule has 0 spiro atoms. The number of hydrogen-bond donors (Lipinski definition) is 1. The molecule has 1 N–H and O–H groups in total. The van der Waals surface area contributed by atoms with Crippen molar-refractivity contribution in [3.05, 3.63) is 11.6 Å². The number of carbonyl (C=O) groups excluding carboxylic acids is 1. The first-order valence-corrected chi connectivity index (χ1v) is 3.56. The van der Waals surface area contributed by atoms with Crippen molar-refractivity contribution in [2.75, 3.05) is 6.61 Å². The van der Waals surface area contributed by atoms with Gasteiger partial charge in [-0.05, 0) is 6.92 Å². The molecule has 0 atom stereocenters. The molecule has 4 heteroatoms. The Hall–Kier alpha value is -1.32. The van der Waals surface area contributed by atoms with Gasteiger partial charge in [0.15, 0.2) is 0 Å². The summed E-state index contributed by atoms with van der Waals surface area (Å²) in [5, 5.41) is 8.31. The standard InChI is InChI=1S/C8H12O4/c1-6(5-8(10)11)3-4-12-7(2)9/h5H,3-4H2,1-2H3,(H,10,11). The predicted octanol–water partition coefficient (Wildman–Crippen LogP) is 0.970. The minimum atomic E-state index is -0.977. The maximum Gasteiger partial charge on any atom is 0.328 e. The molecule has 0 aliphatic heterocycles. The van der Waals surface area contributed by atoms with E-state index in [1.807, 2.05) is 0 Å². The van der Waals surface area contributed by atoms with Crippen LogP contribution in [-0.2, 0) is 14.3 Å². The Kier molecular flexibility index (Phi) is 4.76. The summed E-state index contributed by atoms with van der Waals surface area (Å²) in [4.78, 5) is 20.4. The minimum absolute atomic E-state index is 0.241. The second kappa shape index (κ2) is 5.35. The summed E-state index contributed by atoms with van der Waals surface area (Å²) in [5.41, 5.74) is 0.684. The van der Waals surface area contributed by atoms with Crippen molar-refractivity contribution >= 4 is 11.9 Å². The fraction of sp³-hybridized carbons (Fsp3) is 0.500. The highest BCUT2D eigenvalue weighted by molar-refractivity contribution is 5.80. The summed E-state index contributed by atoms with van der Waals surface area (Å²) in [6.45, 7) is 3.23. The molecule has 4 nitrogen and oxygen atoms in total. The number of hydrogen-bond acceptors (Lipinski definition) is 3. The van der Waals surface area contributed by atoms with Gasteiger partial charge in [0, 0.05) is 19.4 Å². The van der Waals surface area contributed by atoms with Crippen LogP contribution in [0.3, 0.4) is 0 Å². The van der Waals surface area contributed by atoms with Gasteiger partial charge in [-0.15, -0.1) is 0 Å². The first kappa shape index (κ1) is 10.7. The molecule has 12 heavy (non-hydrogen) atoms. The third-order valence-electron chi connectivity index (χ3n) is 1.17. The van der Waals surface area contributed by atoms with E-state index < -0.39 is 5.97 Å². The molecule has 0 saturated carbocycles. The zero-order valence-electron chi connectivity index (χ0n) is 7.16. The van der Waals surface area contributed by atoms with E-state index in [0.29, 0.717) is 12.0 Å². The van der Waals surface area contributed by atoms with Crippen molar-refractivity contribution in [2.24, 2.45) is 0 Å². The lowest BCUT2D eigenvalue weighted by molar-refractivity contribution is -0.140. The Morgan fingerprint density at radius 2 is 2.00 bits per heavy atom. The van der Waals surface area contributed by atoms with Gasteiger partial charge in [-0.3, -0.25) is 4.79 Å². The van der Waals surface area contributed by atoms with Crippen molar-refractivity contribution < 1.29 is 19.4 Å². The molecule has 0 fully saturated rings. The number of carboxylic acid groups (broad SMARTS) is 1. The highest BCUT2D eigenvalue weighted by atomic mass is 16.5. The van der Waals surface area contributed by atoms with Gasteiger partial charge in [-0.2, -0.15) is 0 Å². The van der Waals surface area contributed by atoms with Crippen LogP contribution in [0.2, 0.25) is 0 Å². The van der Waals surface area contributed by atoms with E-state index in [4.69, 9.17) is 5.11 Å². The van der Waals surface area contributed by atoms with Gasteiger partial charge in [0.2, 0.25) is 0 Å². The van der Waals surface area contributed by atoms with E-state index in [2.05, 4.69) is 4.74 Å². The number of rotatable bonds is 4. The second-order valence-corrected chi connectivity index (χ2v) is 2.42. The number of ether oxygens (including phenoxy) is 1. The smallest absolute Gasteiger partial charge is 0.328 e. The quantitative estimate of drug-likeness (QED) is 0.507. The third-order valence-corrected chi connectivity index (χ3v) is 1.17. The molecule has 0 unspecified atom stereocenters. The maximum absolute atomic E-state index is 10.3. The van der Waals surface area contributed by atoms with Crippen LogP contribution in [0.25, 0.3) is 0 Å². The van der Waals surface area contributed by atoms with Gasteiger partial charge in [0.05, 0.1) is 6.61 Å². The number of carboxylic acids is 1.